The standard InChI is InChI=1S/C14H16F3N3/c15-14(16,17)11-1-2-13-12(7-11)10(8-19-13)9-20-5-3-18-4-6-20/h1-2,7-8,18-19H,3-6,9H2. The Hall–Kier alpha value is -1.53. The maximum atomic E-state index is 12.8. The number of aromatic amines is 1. The minimum atomic E-state index is -4.29. The Bertz CT molecular complexity index is 597. The van der Waals surface area contributed by atoms with Gasteiger partial charge in [-0.15, -0.1) is 0 Å². The highest BCUT2D eigenvalue weighted by Crippen LogP contribution is 2.32. The van der Waals surface area contributed by atoms with Crippen molar-refractivity contribution in [3.63, 3.8) is 0 Å². The Labute approximate surface area is 114 Å². The lowest BCUT2D eigenvalue weighted by molar-refractivity contribution is -0.137. The van der Waals surface area contributed by atoms with Gasteiger partial charge >= 0.3 is 6.18 Å². The van der Waals surface area contributed by atoms with E-state index in [4.69, 9.17) is 0 Å². The SMILES string of the molecule is FC(F)(F)c1ccc2[nH]cc(CN3CCNCC3)c2c1. The number of aromatic nitrogens is 1. The molecular formula is C14H16F3N3. The zero-order valence-electron chi connectivity index (χ0n) is 10.9. The number of nitrogens with one attached hydrogen (secondary N) is 2. The van der Waals surface area contributed by atoms with Crippen molar-refractivity contribution >= 4 is 10.9 Å². The van der Waals surface area contributed by atoms with E-state index in [9.17, 15) is 13.2 Å². The molecule has 0 spiro atoms. The lowest BCUT2D eigenvalue weighted by atomic mass is 10.1. The largest absolute Gasteiger partial charge is 0.416 e. The van der Waals surface area contributed by atoms with Gasteiger partial charge in [-0.05, 0) is 23.8 Å². The topological polar surface area (TPSA) is 31.1 Å². The van der Waals surface area contributed by atoms with E-state index in [2.05, 4.69) is 15.2 Å². The lowest BCUT2D eigenvalue weighted by Gasteiger charge is -2.26. The predicted molar refractivity (Wildman–Crippen MR) is 71.4 cm³/mol. The van der Waals surface area contributed by atoms with Crippen LogP contribution in [0.1, 0.15) is 11.1 Å². The number of H-pyrrole nitrogens is 1. The van der Waals surface area contributed by atoms with Gasteiger partial charge in [0.05, 0.1) is 5.56 Å². The van der Waals surface area contributed by atoms with Crippen molar-refractivity contribution in [1.82, 2.24) is 15.2 Å². The molecule has 2 N–H and O–H groups in total. The smallest absolute Gasteiger partial charge is 0.361 e. The van der Waals surface area contributed by atoms with Gasteiger partial charge in [0.1, 0.15) is 0 Å². The second-order valence-corrected chi connectivity index (χ2v) is 5.10. The number of fused-ring (bicyclic) bond motifs is 1. The van der Waals surface area contributed by atoms with Gasteiger partial charge in [0, 0.05) is 49.8 Å². The molecule has 1 fully saturated rings. The lowest BCUT2D eigenvalue weighted by Crippen LogP contribution is -2.42. The number of alkyl halides is 3. The average Bonchev–Trinajstić information content (AvgIpc) is 2.82. The Morgan fingerprint density at radius 1 is 1.15 bits per heavy atom. The van der Waals surface area contributed by atoms with Crippen LogP contribution in [-0.2, 0) is 12.7 Å². The van der Waals surface area contributed by atoms with Crippen LogP contribution in [0.4, 0.5) is 13.2 Å². The van der Waals surface area contributed by atoms with Crippen LogP contribution < -0.4 is 5.32 Å². The van der Waals surface area contributed by atoms with Gasteiger partial charge in [-0.25, -0.2) is 0 Å². The molecule has 20 heavy (non-hydrogen) atoms. The van der Waals surface area contributed by atoms with Gasteiger partial charge in [0.2, 0.25) is 0 Å². The molecule has 1 aromatic carbocycles. The molecule has 0 radical (unpaired) electrons. The zero-order valence-corrected chi connectivity index (χ0v) is 10.9. The molecule has 0 amide bonds. The summed E-state index contributed by atoms with van der Waals surface area (Å²) < 4.78 is 38.4. The van der Waals surface area contributed by atoms with E-state index in [0.29, 0.717) is 11.9 Å². The summed E-state index contributed by atoms with van der Waals surface area (Å²) >= 11 is 0. The number of hydrogen-bond donors (Lipinski definition) is 2. The van der Waals surface area contributed by atoms with E-state index in [-0.39, 0.29) is 0 Å². The van der Waals surface area contributed by atoms with Crippen molar-refractivity contribution in [2.45, 2.75) is 12.7 Å². The summed E-state index contributed by atoms with van der Waals surface area (Å²) in [6.07, 6.45) is -2.48. The van der Waals surface area contributed by atoms with Crippen LogP contribution in [0.2, 0.25) is 0 Å². The fraction of sp³-hybridized carbons (Fsp3) is 0.429. The maximum Gasteiger partial charge on any atom is 0.416 e. The van der Waals surface area contributed by atoms with Gasteiger partial charge in [-0.1, -0.05) is 0 Å². The third kappa shape index (κ3) is 2.66. The molecule has 6 heteroatoms. The number of halogens is 3. The second-order valence-electron chi connectivity index (χ2n) is 5.10. The van der Waals surface area contributed by atoms with Crippen LogP contribution in [0.5, 0.6) is 0 Å². The number of nitrogens with zero attached hydrogens (tertiary/aromatic N) is 1. The van der Waals surface area contributed by atoms with E-state index >= 15 is 0 Å². The molecule has 1 aromatic heterocycles. The van der Waals surface area contributed by atoms with Crippen LogP contribution in [0.15, 0.2) is 24.4 Å². The first-order valence-corrected chi connectivity index (χ1v) is 6.64. The molecule has 2 aromatic rings. The van der Waals surface area contributed by atoms with Crippen molar-refractivity contribution in [3.8, 4) is 0 Å². The van der Waals surface area contributed by atoms with Gasteiger partial charge in [0.25, 0.3) is 0 Å². The normalized spacial score (nSPS) is 17.8. The summed E-state index contributed by atoms with van der Waals surface area (Å²) in [5.41, 5.74) is 1.09. The Kier molecular flexibility index (Phi) is 3.43. The fourth-order valence-electron chi connectivity index (χ4n) is 2.60. The molecule has 0 aliphatic carbocycles. The number of hydrogen-bond acceptors (Lipinski definition) is 2. The molecule has 108 valence electrons. The van der Waals surface area contributed by atoms with Crippen molar-refractivity contribution in [2.24, 2.45) is 0 Å². The molecule has 0 saturated carbocycles. The summed E-state index contributed by atoms with van der Waals surface area (Å²) in [4.78, 5) is 5.30. The van der Waals surface area contributed by atoms with E-state index in [1.807, 2.05) is 6.20 Å². The van der Waals surface area contributed by atoms with Crippen LogP contribution in [0, 0.1) is 0 Å². The first kappa shape index (κ1) is 13.5. The number of piperazine rings is 1. The van der Waals surface area contributed by atoms with Crippen LogP contribution in [0.3, 0.4) is 0 Å². The second kappa shape index (κ2) is 5.10. The van der Waals surface area contributed by atoms with E-state index < -0.39 is 11.7 Å². The van der Waals surface area contributed by atoms with Crippen LogP contribution in [0.25, 0.3) is 10.9 Å². The summed E-state index contributed by atoms with van der Waals surface area (Å²) in [6, 6.07) is 3.86. The fourth-order valence-corrected chi connectivity index (χ4v) is 2.60. The monoisotopic (exact) mass is 283 g/mol. The molecule has 3 nitrogen and oxygen atoms in total. The third-order valence-corrected chi connectivity index (χ3v) is 3.70. The van der Waals surface area contributed by atoms with Gasteiger partial charge in [0.15, 0.2) is 0 Å². The average molecular weight is 283 g/mol. The molecule has 3 rings (SSSR count). The highest BCUT2D eigenvalue weighted by molar-refractivity contribution is 5.84. The molecule has 1 aliphatic rings. The first-order valence-electron chi connectivity index (χ1n) is 6.64. The number of rotatable bonds is 2. The summed E-state index contributed by atoms with van der Waals surface area (Å²) in [5.74, 6) is 0. The third-order valence-electron chi connectivity index (χ3n) is 3.70. The highest BCUT2D eigenvalue weighted by atomic mass is 19.4. The summed E-state index contributed by atoms with van der Waals surface area (Å²) in [5, 5.41) is 3.93. The Morgan fingerprint density at radius 3 is 2.60 bits per heavy atom. The Morgan fingerprint density at radius 2 is 1.90 bits per heavy atom. The van der Waals surface area contributed by atoms with Crippen LogP contribution >= 0.6 is 0 Å². The van der Waals surface area contributed by atoms with Crippen molar-refractivity contribution in [2.75, 3.05) is 26.2 Å². The zero-order chi connectivity index (χ0) is 14.2. The van der Waals surface area contributed by atoms with Gasteiger partial charge < -0.3 is 10.3 Å². The molecule has 0 unspecified atom stereocenters. The molecule has 1 saturated heterocycles. The predicted octanol–water partition coefficient (Wildman–Crippen LogP) is 2.59. The van der Waals surface area contributed by atoms with Crippen molar-refractivity contribution in [3.05, 3.63) is 35.5 Å². The van der Waals surface area contributed by atoms with E-state index in [1.165, 1.54) is 12.1 Å². The van der Waals surface area contributed by atoms with E-state index in [1.54, 1.807) is 0 Å². The molecular weight excluding hydrogens is 267 g/mol. The quantitative estimate of drug-likeness (QED) is 0.887. The van der Waals surface area contributed by atoms with Crippen LogP contribution in [-0.4, -0.2) is 36.1 Å². The van der Waals surface area contributed by atoms with Gasteiger partial charge in [-0.2, -0.15) is 13.2 Å². The van der Waals surface area contributed by atoms with Crippen molar-refractivity contribution < 1.29 is 13.2 Å². The maximum absolute atomic E-state index is 12.8. The van der Waals surface area contributed by atoms with E-state index in [0.717, 1.165) is 43.3 Å². The van der Waals surface area contributed by atoms with Crippen molar-refractivity contribution in [1.29, 1.82) is 0 Å². The Balaban J connectivity index is 1.90. The molecule has 2 heterocycles. The highest BCUT2D eigenvalue weighted by Gasteiger charge is 2.30. The first-order chi connectivity index (χ1) is 9.54. The minimum Gasteiger partial charge on any atom is -0.361 e. The molecule has 1 aliphatic heterocycles. The van der Waals surface area contributed by atoms with Gasteiger partial charge in [-0.3, -0.25) is 4.90 Å². The minimum absolute atomic E-state index is 0.592. The molecule has 0 atom stereocenters. The summed E-state index contributed by atoms with van der Waals surface area (Å²) in [7, 11) is 0. The number of benzene rings is 1. The molecule has 0 bridgehead atoms. The summed E-state index contributed by atoms with van der Waals surface area (Å²) in [6.45, 7) is 4.38.